The van der Waals surface area contributed by atoms with E-state index < -0.39 is 0 Å². The molecule has 0 fully saturated rings. The molecule has 1 N–H and O–H groups in total. The molecule has 0 aliphatic carbocycles. The topological polar surface area (TPSA) is 18.5 Å². The van der Waals surface area contributed by atoms with Crippen LogP contribution in [-0.4, -0.2) is 31.6 Å². The number of fused-ring (bicyclic) bond motifs is 2. The first-order chi connectivity index (χ1) is 16.5. The van der Waals surface area contributed by atoms with E-state index in [4.69, 9.17) is 0 Å². The largest absolute Gasteiger partial charge is 0.345 e. The third kappa shape index (κ3) is 4.92. The van der Waals surface area contributed by atoms with Crippen molar-refractivity contribution in [2.24, 2.45) is 5.92 Å². The smallest absolute Gasteiger partial charge is 0.0411 e. The summed E-state index contributed by atoms with van der Waals surface area (Å²) in [4.78, 5) is 4.88. The highest BCUT2D eigenvalue weighted by atomic mass is 15.1. The lowest BCUT2D eigenvalue weighted by molar-refractivity contribution is 0.199. The second-order valence-electron chi connectivity index (χ2n) is 10.7. The number of anilines is 2. The van der Waals surface area contributed by atoms with Gasteiger partial charge in [0.05, 0.1) is 0 Å². The highest BCUT2D eigenvalue weighted by Gasteiger charge is 2.29. The lowest BCUT2D eigenvalue weighted by atomic mass is 9.85. The number of nitrogens with one attached hydrogen (secondary N) is 1. The average molecular weight is 454 g/mol. The van der Waals surface area contributed by atoms with E-state index in [0.29, 0.717) is 18.0 Å². The fourth-order valence-electron chi connectivity index (χ4n) is 5.77. The summed E-state index contributed by atoms with van der Waals surface area (Å²) in [6.07, 6.45) is 4.55. The van der Waals surface area contributed by atoms with Crippen LogP contribution in [0.3, 0.4) is 0 Å². The highest BCUT2D eigenvalue weighted by Crippen LogP contribution is 2.36. The van der Waals surface area contributed by atoms with Crippen LogP contribution < -0.4 is 10.2 Å². The van der Waals surface area contributed by atoms with Crippen LogP contribution in [0.4, 0.5) is 11.4 Å². The van der Waals surface area contributed by atoms with Crippen LogP contribution >= 0.6 is 0 Å². The lowest BCUT2D eigenvalue weighted by Gasteiger charge is -2.38. The molecule has 3 nitrogen and oxygen atoms in total. The van der Waals surface area contributed by atoms with Crippen molar-refractivity contribution in [3.63, 3.8) is 0 Å². The van der Waals surface area contributed by atoms with Gasteiger partial charge >= 0.3 is 0 Å². The molecule has 3 heteroatoms. The molecule has 2 atom stereocenters. The molecule has 0 radical (unpaired) electrons. The number of rotatable bonds is 6. The summed E-state index contributed by atoms with van der Waals surface area (Å²) in [5.74, 6) is 0.689. The molecule has 2 aliphatic rings. The van der Waals surface area contributed by atoms with E-state index in [-0.39, 0.29) is 0 Å². The minimum Gasteiger partial charge on any atom is -0.345 e. The van der Waals surface area contributed by atoms with Crippen LogP contribution in [-0.2, 0) is 25.8 Å². The van der Waals surface area contributed by atoms with Gasteiger partial charge in [-0.1, -0.05) is 56.3 Å². The van der Waals surface area contributed by atoms with Gasteiger partial charge in [0.2, 0.25) is 0 Å². The lowest BCUT2D eigenvalue weighted by Crippen LogP contribution is -2.41. The monoisotopic (exact) mass is 453 g/mol. The Balaban J connectivity index is 1.32. The van der Waals surface area contributed by atoms with Gasteiger partial charge in [-0.3, -0.25) is 4.90 Å². The third-order valence-electron chi connectivity index (χ3n) is 7.78. The maximum Gasteiger partial charge on any atom is 0.0411 e. The molecule has 3 aromatic carbocycles. The predicted octanol–water partition coefficient (Wildman–Crippen LogP) is 6.29. The van der Waals surface area contributed by atoms with E-state index in [2.05, 4.69) is 110 Å². The van der Waals surface area contributed by atoms with Crippen LogP contribution in [0.5, 0.6) is 0 Å². The minimum atomic E-state index is 0.473. The van der Waals surface area contributed by atoms with E-state index in [9.17, 15) is 0 Å². The number of nitrogens with zero attached hydrogens (tertiary/aromatic N) is 2. The average Bonchev–Trinajstić information content (AvgIpc) is 2.85. The summed E-state index contributed by atoms with van der Waals surface area (Å²) < 4.78 is 0. The number of hydrogen-bond acceptors (Lipinski definition) is 3. The SMILES string of the molecule is CC(C)Cc1ccc(N(C)c2ccc3c(c2)CCN(C)C3C[C@@H]2Cc3ccccc3CN2)cc1. The fourth-order valence-corrected chi connectivity index (χ4v) is 5.77. The van der Waals surface area contributed by atoms with Crippen molar-refractivity contribution >= 4 is 11.4 Å². The molecule has 0 saturated carbocycles. The molecule has 2 aliphatic heterocycles. The second kappa shape index (κ2) is 9.93. The summed E-state index contributed by atoms with van der Waals surface area (Å²) in [5.41, 5.74) is 9.95. The van der Waals surface area contributed by atoms with E-state index >= 15 is 0 Å². The van der Waals surface area contributed by atoms with Crippen molar-refractivity contribution in [3.05, 3.63) is 94.5 Å². The van der Waals surface area contributed by atoms with Gasteiger partial charge in [-0.05, 0) is 90.7 Å². The summed E-state index contributed by atoms with van der Waals surface area (Å²) in [5, 5.41) is 3.81. The zero-order chi connectivity index (χ0) is 23.7. The minimum absolute atomic E-state index is 0.473. The van der Waals surface area contributed by atoms with Crippen molar-refractivity contribution in [1.82, 2.24) is 10.2 Å². The van der Waals surface area contributed by atoms with Gasteiger partial charge in [-0.25, -0.2) is 0 Å². The molecule has 0 saturated heterocycles. The third-order valence-corrected chi connectivity index (χ3v) is 7.78. The van der Waals surface area contributed by atoms with E-state index in [1.807, 2.05) is 0 Å². The molecule has 5 rings (SSSR count). The summed E-state index contributed by atoms with van der Waals surface area (Å²) >= 11 is 0. The molecule has 3 aromatic rings. The molecular formula is C31H39N3. The van der Waals surface area contributed by atoms with Crippen molar-refractivity contribution in [1.29, 1.82) is 0 Å². The molecule has 0 amide bonds. The van der Waals surface area contributed by atoms with Crippen LogP contribution in [0.15, 0.2) is 66.7 Å². The molecule has 1 unspecified atom stereocenters. The summed E-state index contributed by atoms with van der Waals surface area (Å²) in [6, 6.07) is 26.1. The first kappa shape index (κ1) is 23.1. The molecule has 178 valence electrons. The van der Waals surface area contributed by atoms with Gasteiger partial charge in [-0.2, -0.15) is 0 Å². The standard InChI is InChI=1S/C31H39N3/c1-22(2)17-23-9-11-28(12-10-23)34(4)29-13-14-30-25(19-29)15-16-33(3)31(30)20-27-18-24-7-5-6-8-26(24)21-32-27/h5-14,19,22,27,31-32H,15-18,20-21H2,1-4H3/t27-,31?/m0/s1. The zero-order valence-corrected chi connectivity index (χ0v) is 21.2. The Bertz CT molecular complexity index is 1120. The normalized spacial score (nSPS) is 20.1. The van der Waals surface area contributed by atoms with Gasteiger partial charge in [0.1, 0.15) is 0 Å². The second-order valence-corrected chi connectivity index (χ2v) is 10.7. The van der Waals surface area contributed by atoms with E-state index in [1.165, 1.54) is 39.2 Å². The van der Waals surface area contributed by atoms with Crippen LogP contribution in [0, 0.1) is 5.92 Å². The quantitative estimate of drug-likeness (QED) is 0.473. The Morgan fingerprint density at radius 1 is 0.941 bits per heavy atom. The number of likely N-dealkylation sites (N-methyl/N-ethyl adjacent to an activating group) is 1. The fraction of sp³-hybridized carbons (Fsp3) is 0.419. The highest BCUT2D eigenvalue weighted by molar-refractivity contribution is 5.64. The molecular weight excluding hydrogens is 414 g/mol. The summed E-state index contributed by atoms with van der Waals surface area (Å²) in [7, 11) is 4.48. The Hall–Kier alpha value is -2.62. The molecule has 0 aromatic heterocycles. The molecule has 2 heterocycles. The molecule has 0 spiro atoms. The number of hydrogen-bond donors (Lipinski definition) is 1. The van der Waals surface area contributed by atoms with Gasteiger partial charge in [0.15, 0.2) is 0 Å². The molecule has 34 heavy (non-hydrogen) atoms. The van der Waals surface area contributed by atoms with E-state index in [1.54, 1.807) is 0 Å². The predicted molar refractivity (Wildman–Crippen MR) is 144 cm³/mol. The van der Waals surface area contributed by atoms with Crippen LogP contribution in [0.1, 0.15) is 54.1 Å². The van der Waals surface area contributed by atoms with Crippen LogP contribution in [0.2, 0.25) is 0 Å². The zero-order valence-electron chi connectivity index (χ0n) is 21.2. The van der Waals surface area contributed by atoms with E-state index in [0.717, 1.165) is 38.8 Å². The summed E-state index contributed by atoms with van der Waals surface area (Å²) in [6.45, 7) is 6.67. The van der Waals surface area contributed by atoms with Crippen molar-refractivity contribution in [2.45, 2.75) is 58.2 Å². The Kier molecular flexibility index (Phi) is 6.76. The first-order valence-corrected chi connectivity index (χ1v) is 12.9. The van der Waals surface area contributed by atoms with Crippen molar-refractivity contribution in [2.75, 3.05) is 25.5 Å². The van der Waals surface area contributed by atoms with Gasteiger partial charge in [0, 0.05) is 43.6 Å². The van der Waals surface area contributed by atoms with Gasteiger partial charge in [-0.15, -0.1) is 0 Å². The Morgan fingerprint density at radius 3 is 2.44 bits per heavy atom. The number of benzene rings is 3. The molecule has 0 bridgehead atoms. The van der Waals surface area contributed by atoms with Gasteiger partial charge < -0.3 is 10.2 Å². The Labute approximate surface area is 205 Å². The first-order valence-electron chi connectivity index (χ1n) is 12.9. The van der Waals surface area contributed by atoms with Crippen molar-refractivity contribution < 1.29 is 0 Å². The van der Waals surface area contributed by atoms with Gasteiger partial charge in [0.25, 0.3) is 0 Å². The Morgan fingerprint density at radius 2 is 1.68 bits per heavy atom. The maximum absolute atomic E-state index is 3.81. The van der Waals surface area contributed by atoms with Crippen LogP contribution in [0.25, 0.3) is 0 Å². The maximum atomic E-state index is 3.81. The van der Waals surface area contributed by atoms with Crippen molar-refractivity contribution in [3.8, 4) is 0 Å².